The predicted molar refractivity (Wildman–Crippen MR) is 98.9 cm³/mol. The molecule has 1 heterocycles. The summed E-state index contributed by atoms with van der Waals surface area (Å²) in [5, 5.41) is 5.44. The molecule has 25 heavy (non-hydrogen) atoms. The van der Waals surface area contributed by atoms with Crippen LogP contribution in [0.5, 0.6) is 0 Å². The van der Waals surface area contributed by atoms with Crippen LogP contribution >= 0.6 is 23.2 Å². The SMILES string of the molecule is O=C(C[NH2+][C@H](c1ccccc1)c1ccco1)Nc1cccc(Cl)c1Cl. The topological polar surface area (TPSA) is 58.9 Å². The van der Waals surface area contributed by atoms with Crippen LogP contribution in [0.4, 0.5) is 5.69 Å². The Kier molecular flexibility index (Phi) is 5.76. The van der Waals surface area contributed by atoms with Gasteiger partial charge in [0.15, 0.2) is 18.3 Å². The van der Waals surface area contributed by atoms with Crippen molar-refractivity contribution in [1.29, 1.82) is 0 Å². The third-order valence-corrected chi connectivity index (χ3v) is 4.59. The predicted octanol–water partition coefficient (Wildman–Crippen LogP) is 3.88. The molecule has 0 unspecified atom stereocenters. The highest BCUT2D eigenvalue weighted by Gasteiger charge is 2.21. The first-order valence-corrected chi connectivity index (χ1v) is 8.56. The van der Waals surface area contributed by atoms with E-state index >= 15 is 0 Å². The van der Waals surface area contributed by atoms with Gasteiger partial charge in [-0.25, -0.2) is 0 Å². The lowest BCUT2D eigenvalue weighted by atomic mass is 10.0. The van der Waals surface area contributed by atoms with Crippen molar-refractivity contribution in [2.24, 2.45) is 0 Å². The van der Waals surface area contributed by atoms with Gasteiger partial charge in [0, 0.05) is 5.56 Å². The van der Waals surface area contributed by atoms with Crippen LogP contribution < -0.4 is 10.6 Å². The summed E-state index contributed by atoms with van der Waals surface area (Å²) < 4.78 is 5.53. The number of rotatable bonds is 6. The van der Waals surface area contributed by atoms with E-state index < -0.39 is 0 Å². The van der Waals surface area contributed by atoms with Crippen LogP contribution in [-0.2, 0) is 4.79 Å². The standard InChI is InChI=1S/C19H16Cl2N2O2/c20-14-8-4-9-15(18(14)21)23-17(24)12-22-19(16-10-5-11-25-16)13-6-2-1-3-7-13/h1-11,19,22H,12H2,(H,23,24)/p+1/t19-/m1/s1. The Bertz CT molecular complexity index is 836. The Hall–Kier alpha value is -2.27. The maximum Gasteiger partial charge on any atom is 0.279 e. The Balaban J connectivity index is 1.69. The summed E-state index contributed by atoms with van der Waals surface area (Å²) in [4.78, 5) is 12.3. The Morgan fingerprint density at radius 3 is 2.56 bits per heavy atom. The number of halogens is 2. The molecule has 1 amide bonds. The number of furan rings is 1. The molecule has 6 heteroatoms. The maximum absolute atomic E-state index is 12.3. The summed E-state index contributed by atoms with van der Waals surface area (Å²) in [6.45, 7) is 0.211. The summed E-state index contributed by atoms with van der Waals surface area (Å²) in [5.41, 5.74) is 1.56. The van der Waals surface area contributed by atoms with Crippen LogP contribution in [0.25, 0.3) is 0 Å². The molecule has 1 aromatic heterocycles. The first kappa shape index (κ1) is 17.5. The smallest absolute Gasteiger partial charge is 0.279 e. The quantitative estimate of drug-likeness (QED) is 0.686. The Morgan fingerprint density at radius 2 is 1.84 bits per heavy atom. The zero-order valence-corrected chi connectivity index (χ0v) is 14.8. The normalized spacial score (nSPS) is 11.9. The van der Waals surface area contributed by atoms with E-state index in [-0.39, 0.29) is 18.5 Å². The van der Waals surface area contributed by atoms with E-state index in [0.29, 0.717) is 15.7 Å². The van der Waals surface area contributed by atoms with E-state index in [1.807, 2.05) is 47.8 Å². The van der Waals surface area contributed by atoms with Gasteiger partial charge in [0.05, 0.1) is 22.0 Å². The number of benzene rings is 2. The number of carbonyl (C=O) groups is 1. The molecule has 0 spiro atoms. The van der Waals surface area contributed by atoms with Crippen molar-refractivity contribution in [2.75, 3.05) is 11.9 Å². The van der Waals surface area contributed by atoms with Crippen LogP contribution in [0.3, 0.4) is 0 Å². The lowest BCUT2D eigenvalue weighted by Crippen LogP contribution is -2.87. The number of hydrogen-bond acceptors (Lipinski definition) is 2. The average Bonchev–Trinajstić information content (AvgIpc) is 3.14. The fraction of sp³-hybridized carbons (Fsp3) is 0.105. The minimum absolute atomic E-state index is 0.100. The average molecular weight is 376 g/mol. The van der Waals surface area contributed by atoms with Gasteiger partial charge < -0.3 is 15.1 Å². The van der Waals surface area contributed by atoms with Crippen molar-refractivity contribution in [3.63, 3.8) is 0 Å². The van der Waals surface area contributed by atoms with Gasteiger partial charge in [-0.3, -0.25) is 4.79 Å². The molecule has 2 aromatic carbocycles. The number of nitrogens with two attached hydrogens (primary N) is 1. The third-order valence-electron chi connectivity index (χ3n) is 3.77. The summed E-state index contributed by atoms with van der Waals surface area (Å²) >= 11 is 12.1. The minimum atomic E-state index is -0.170. The van der Waals surface area contributed by atoms with Crippen molar-refractivity contribution in [3.8, 4) is 0 Å². The summed E-state index contributed by atoms with van der Waals surface area (Å²) in [6.07, 6.45) is 1.63. The first-order chi connectivity index (χ1) is 12.1. The van der Waals surface area contributed by atoms with Crippen molar-refractivity contribution in [3.05, 3.63) is 88.3 Å². The fourth-order valence-electron chi connectivity index (χ4n) is 2.57. The summed E-state index contributed by atoms with van der Waals surface area (Å²) in [6, 6.07) is 18.7. The van der Waals surface area contributed by atoms with Crippen LogP contribution in [0.2, 0.25) is 10.0 Å². The monoisotopic (exact) mass is 375 g/mol. The zero-order chi connectivity index (χ0) is 17.6. The molecule has 0 saturated heterocycles. The molecule has 0 aliphatic rings. The lowest BCUT2D eigenvalue weighted by Gasteiger charge is -2.14. The molecule has 0 aliphatic heterocycles. The number of amides is 1. The highest BCUT2D eigenvalue weighted by molar-refractivity contribution is 6.43. The van der Waals surface area contributed by atoms with Gasteiger partial charge in [0.2, 0.25) is 0 Å². The van der Waals surface area contributed by atoms with Gasteiger partial charge in [-0.15, -0.1) is 0 Å². The minimum Gasteiger partial charge on any atom is -0.463 e. The highest BCUT2D eigenvalue weighted by atomic mass is 35.5. The van der Waals surface area contributed by atoms with Gasteiger partial charge in [0.25, 0.3) is 5.91 Å². The van der Waals surface area contributed by atoms with Gasteiger partial charge >= 0.3 is 0 Å². The molecule has 0 saturated carbocycles. The van der Waals surface area contributed by atoms with E-state index in [9.17, 15) is 4.79 Å². The van der Waals surface area contributed by atoms with E-state index in [2.05, 4.69) is 5.32 Å². The molecule has 128 valence electrons. The molecule has 3 N–H and O–H groups in total. The van der Waals surface area contributed by atoms with Crippen molar-refractivity contribution >= 4 is 34.8 Å². The largest absolute Gasteiger partial charge is 0.463 e. The molecule has 4 nitrogen and oxygen atoms in total. The first-order valence-electron chi connectivity index (χ1n) is 7.80. The number of hydrogen-bond donors (Lipinski definition) is 2. The van der Waals surface area contributed by atoms with E-state index in [4.69, 9.17) is 27.6 Å². The third kappa shape index (κ3) is 4.42. The van der Waals surface area contributed by atoms with Gasteiger partial charge in [-0.2, -0.15) is 0 Å². The van der Waals surface area contributed by atoms with Crippen molar-refractivity contribution in [2.45, 2.75) is 6.04 Å². The molecule has 3 aromatic rings. The molecule has 3 rings (SSSR count). The lowest BCUT2D eigenvalue weighted by molar-refractivity contribution is -0.678. The van der Waals surface area contributed by atoms with Gasteiger partial charge in [-0.05, 0) is 24.3 Å². The Morgan fingerprint density at radius 1 is 1.04 bits per heavy atom. The van der Waals surface area contributed by atoms with Gasteiger partial charge in [-0.1, -0.05) is 59.6 Å². The molecule has 0 bridgehead atoms. The van der Waals surface area contributed by atoms with Gasteiger partial charge in [0.1, 0.15) is 0 Å². The molecule has 1 atom stereocenters. The fourth-order valence-corrected chi connectivity index (χ4v) is 2.92. The van der Waals surface area contributed by atoms with Crippen LogP contribution in [0.1, 0.15) is 17.4 Å². The van der Waals surface area contributed by atoms with E-state index in [0.717, 1.165) is 11.3 Å². The second-order valence-corrected chi connectivity index (χ2v) is 6.28. The molecular formula is C19H17Cl2N2O2+. The second-order valence-electron chi connectivity index (χ2n) is 5.49. The second kappa shape index (κ2) is 8.21. The number of nitrogens with one attached hydrogen (secondary N) is 1. The van der Waals surface area contributed by atoms with Crippen molar-refractivity contribution < 1.29 is 14.5 Å². The molecular weight excluding hydrogens is 359 g/mol. The number of carbonyl (C=O) groups excluding carboxylic acids is 1. The molecule has 0 fully saturated rings. The van der Waals surface area contributed by atoms with E-state index in [1.54, 1.807) is 24.5 Å². The highest BCUT2D eigenvalue weighted by Crippen LogP contribution is 2.29. The van der Waals surface area contributed by atoms with Crippen LogP contribution in [0, 0.1) is 0 Å². The molecule has 0 aliphatic carbocycles. The number of quaternary nitrogens is 1. The van der Waals surface area contributed by atoms with Crippen LogP contribution in [-0.4, -0.2) is 12.5 Å². The maximum atomic E-state index is 12.3. The summed E-state index contributed by atoms with van der Waals surface area (Å²) in [7, 11) is 0. The Labute approximate surface area is 155 Å². The zero-order valence-electron chi connectivity index (χ0n) is 13.3. The number of anilines is 1. The summed E-state index contributed by atoms with van der Waals surface area (Å²) in [5.74, 6) is 0.622. The van der Waals surface area contributed by atoms with Crippen LogP contribution in [0.15, 0.2) is 71.3 Å². The van der Waals surface area contributed by atoms with Crippen molar-refractivity contribution in [1.82, 2.24) is 0 Å². The molecule has 0 radical (unpaired) electrons. The van der Waals surface area contributed by atoms with E-state index in [1.165, 1.54) is 0 Å².